The number of carbonyl (C=O) groups excluding carboxylic acids is 2. The molecule has 10 heteroatoms. The number of rotatable bonds is 8. The molecule has 1 saturated heterocycles. The van der Waals surface area contributed by atoms with E-state index in [2.05, 4.69) is 15.6 Å². The molecule has 1 aliphatic rings. The summed E-state index contributed by atoms with van der Waals surface area (Å²) in [4.78, 5) is 42.2. The molecule has 0 spiro atoms. The van der Waals surface area contributed by atoms with Crippen molar-refractivity contribution in [2.24, 2.45) is 5.73 Å². The molecule has 0 aliphatic carbocycles. The Balaban J connectivity index is 1.35. The van der Waals surface area contributed by atoms with Gasteiger partial charge in [0.15, 0.2) is 0 Å². The normalized spacial score (nSPS) is 17.1. The number of urea groups is 1. The monoisotopic (exact) mass is 491 g/mol. The number of anilines is 2. The van der Waals surface area contributed by atoms with Gasteiger partial charge in [0.25, 0.3) is 0 Å². The second-order valence-electron chi connectivity index (χ2n) is 8.88. The van der Waals surface area contributed by atoms with Crippen LogP contribution in [0.2, 0.25) is 0 Å². The molecule has 3 aromatic rings. The van der Waals surface area contributed by atoms with Gasteiger partial charge in [-0.25, -0.2) is 9.78 Å². The van der Waals surface area contributed by atoms with Crippen LogP contribution in [-0.2, 0) is 22.4 Å². The van der Waals surface area contributed by atoms with Gasteiger partial charge in [0.2, 0.25) is 11.8 Å². The Morgan fingerprint density at radius 3 is 2.61 bits per heavy atom. The first-order valence-electron chi connectivity index (χ1n) is 11.7. The van der Waals surface area contributed by atoms with E-state index in [1.807, 2.05) is 31.2 Å². The van der Waals surface area contributed by atoms with Crippen molar-refractivity contribution < 1.29 is 23.9 Å². The predicted molar refractivity (Wildman–Crippen MR) is 133 cm³/mol. The molecule has 1 aromatic heterocycles. The van der Waals surface area contributed by atoms with Crippen LogP contribution in [0, 0.1) is 6.92 Å². The van der Waals surface area contributed by atoms with Gasteiger partial charge < -0.3 is 30.8 Å². The molecular formula is C26H29N5O5. The highest BCUT2D eigenvalue weighted by Crippen LogP contribution is 2.32. The minimum absolute atomic E-state index is 0.0557. The number of carboxylic acid groups (broad SMARTS) is 1. The maximum Gasteiger partial charge on any atom is 0.323 e. The van der Waals surface area contributed by atoms with Gasteiger partial charge in [-0.3, -0.25) is 9.59 Å². The number of benzene rings is 2. The van der Waals surface area contributed by atoms with Crippen LogP contribution in [0.25, 0.3) is 0 Å². The van der Waals surface area contributed by atoms with Crippen molar-refractivity contribution >= 4 is 29.3 Å². The average molecular weight is 492 g/mol. The Morgan fingerprint density at radius 1 is 1.14 bits per heavy atom. The van der Waals surface area contributed by atoms with Crippen LogP contribution in [0.15, 0.2) is 59.1 Å². The lowest BCUT2D eigenvalue weighted by molar-refractivity contribution is -0.137. The highest BCUT2D eigenvalue weighted by molar-refractivity contribution is 6.00. The molecule has 5 N–H and O–H groups in total. The number of hydrogen-bond acceptors (Lipinski definition) is 6. The molecule has 0 radical (unpaired) electrons. The zero-order chi connectivity index (χ0) is 25.7. The fourth-order valence-electron chi connectivity index (χ4n) is 4.18. The Kier molecular flexibility index (Phi) is 7.65. The number of amides is 3. The van der Waals surface area contributed by atoms with E-state index in [0.717, 1.165) is 16.8 Å². The topological polar surface area (TPSA) is 151 Å². The lowest BCUT2D eigenvalue weighted by atomic mass is 10.1. The summed E-state index contributed by atoms with van der Waals surface area (Å²) in [5.41, 5.74) is 9.22. The number of aliphatic carboxylic acids is 1. The summed E-state index contributed by atoms with van der Waals surface area (Å²) in [5.74, 6) is -0.192. The van der Waals surface area contributed by atoms with Crippen molar-refractivity contribution in [3.05, 3.63) is 77.5 Å². The summed E-state index contributed by atoms with van der Waals surface area (Å²) in [6, 6.07) is 13.6. The highest BCUT2D eigenvalue weighted by Gasteiger charge is 2.37. The van der Waals surface area contributed by atoms with E-state index in [0.29, 0.717) is 30.3 Å². The molecule has 0 saturated carbocycles. The predicted octanol–water partition coefficient (Wildman–Crippen LogP) is 3.49. The number of carboxylic acids is 1. The maximum absolute atomic E-state index is 13.1. The largest absolute Gasteiger partial charge is 0.481 e. The smallest absolute Gasteiger partial charge is 0.323 e. The third kappa shape index (κ3) is 6.28. The molecule has 2 unspecified atom stereocenters. The minimum atomic E-state index is -0.916. The Bertz CT molecular complexity index is 1240. The first-order chi connectivity index (χ1) is 17.3. The van der Waals surface area contributed by atoms with E-state index in [-0.39, 0.29) is 37.2 Å². The molecule has 2 aromatic carbocycles. The van der Waals surface area contributed by atoms with Gasteiger partial charge in [-0.2, -0.15) is 0 Å². The van der Waals surface area contributed by atoms with Crippen LogP contribution in [0.5, 0.6) is 0 Å². The number of nitrogens with two attached hydrogens (primary N) is 1. The summed E-state index contributed by atoms with van der Waals surface area (Å²) in [6.07, 6.45) is 2.36. The van der Waals surface area contributed by atoms with E-state index in [1.54, 1.807) is 29.2 Å². The number of nitrogens with zero attached hydrogens (tertiary/aromatic N) is 2. The molecule has 0 bridgehead atoms. The SMILES string of the molecule is Cc1ccccc1NC(=O)Nc1ccc(CC(=O)N2CC(N)CC2c2ncc(CCC(=O)O)o2)cc1. The average Bonchev–Trinajstić information content (AvgIpc) is 3.47. The number of para-hydroxylation sites is 1. The molecule has 4 rings (SSSR count). The van der Waals surface area contributed by atoms with Crippen LogP contribution in [0.4, 0.5) is 16.2 Å². The van der Waals surface area contributed by atoms with Crippen LogP contribution in [0.3, 0.4) is 0 Å². The van der Waals surface area contributed by atoms with Crippen molar-refractivity contribution in [1.29, 1.82) is 0 Å². The molecule has 10 nitrogen and oxygen atoms in total. The summed E-state index contributed by atoms with van der Waals surface area (Å²) >= 11 is 0. The van der Waals surface area contributed by atoms with Gasteiger partial charge in [0, 0.05) is 30.4 Å². The molecule has 3 amide bonds. The molecule has 2 heterocycles. The van der Waals surface area contributed by atoms with Crippen LogP contribution in [-0.4, -0.2) is 45.5 Å². The molecule has 36 heavy (non-hydrogen) atoms. The number of aromatic nitrogens is 1. The van der Waals surface area contributed by atoms with E-state index in [9.17, 15) is 14.4 Å². The standard InChI is InChI=1S/C26H29N5O5/c1-16-4-2-3-5-21(16)30-26(35)29-19-8-6-17(7-9-19)12-23(32)31-15-18(27)13-22(31)25-28-14-20(36-25)10-11-24(33)34/h2-9,14,18,22H,10-13,15,27H2,1H3,(H,33,34)(H2,29,30,35). The van der Waals surface area contributed by atoms with Crippen LogP contribution >= 0.6 is 0 Å². The molecule has 1 aliphatic heterocycles. The fraction of sp³-hybridized carbons (Fsp3) is 0.308. The van der Waals surface area contributed by atoms with Crippen molar-refractivity contribution in [2.75, 3.05) is 17.2 Å². The third-order valence-electron chi connectivity index (χ3n) is 6.06. The summed E-state index contributed by atoms with van der Waals surface area (Å²) in [7, 11) is 0. The second-order valence-corrected chi connectivity index (χ2v) is 8.88. The summed E-state index contributed by atoms with van der Waals surface area (Å²) < 4.78 is 5.73. The summed E-state index contributed by atoms with van der Waals surface area (Å²) in [6.45, 7) is 2.30. The first-order valence-corrected chi connectivity index (χ1v) is 11.7. The number of carbonyl (C=O) groups is 3. The summed E-state index contributed by atoms with van der Waals surface area (Å²) in [5, 5.41) is 14.5. The van der Waals surface area contributed by atoms with Gasteiger partial charge in [0.05, 0.1) is 19.0 Å². The fourth-order valence-corrected chi connectivity index (χ4v) is 4.18. The third-order valence-corrected chi connectivity index (χ3v) is 6.06. The van der Waals surface area contributed by atoms with Crippen LogP contribution < -0.4 is 16.4 Å². The van der Waals surface area contributed by atoms with Gasteiger partial charge in [-0.05, 0) is 42.7 Å². The van der Waals surface area contributed by atoms with Crippen molar-refractivity contribution in [3.8, 4) is 0 Å². The van der Waals surface area contributed by atoms with Gasteiger partial charge >= 0.3 is 12.0 Å². The number of hydrogen-bond donors (Lipinski definition) is 4. The quantitative estimate of drug-likeness (QED) is 0.376. The van der Waals surface area contributed by atoms with E-state index >= 15 is 0 Å². The lowest BCUT2D eigenvalue weighted by Crippen LogP contribution is -2.34. The molecule has 188 valence electrons. The molecule has 2 atom stereocenters. The number of aryl methyl sites for hydroxylation is 2. The number of oxazole rings is 1. The zero-order valence-electron chi connectivity index (χ0n) is 19.9. The Hall–Kier alpha value is -4.18. The number of nitrogens with one attached hydrogen (secondary N) is 2. The molecule has 1 fully saturated rings. The van der Waals surface area contributed by atoms with Gasteiger partial charge in [-0.15, -0.1) is 0 Å². The molecular weight excluding hydrogens is 462 g/mol. The van der Waals surface area contributed by atoms with Crippen molar-refractivity contribution in [2.45, 2.75) is 44.7 Å². The van der Waals surface area contributed by atoms with Gasteiger partial charge in [0.1, 0.15) is 11.8 Å². The minimum Gasteiger partial charge on any atom is -0.481 e. The van der Waals surface area contributed by atoms with E-state index in [1.165, 1.54) is 6.20 Å². The Labute approximate surface area is 208 Å². The lowest BCUT2D eigenvalue weighted by Gasteiger charge is -2.22. The van der Waals surface area contributed by atoms with Gasteiger partial charge in [-0.1, -0.05) is 30.3 Å². The van der Waals surface area contributed by atoms with Crippen molar-refractivity contribution in [3.63, 3.8) is 0 Å². The highest BCUT2D eigenvalue weighted by atomic mass is 16.4. The number of likely N-dealkylation sites (tertiary alicyclic amines) is 1. The Morgan fingerprint density at radius 2 is 1.89 bits per heavy atom. The first kappa shape index (κ1) is 24.9. The van der Waals surface area contributed by atoms with Crippen LogP contribution in [0.1, 0.15) is 41.7 Å². The zero-order valence-corrected chi connectivity index (χ0v) is 19.9. The second kappa shape index (κ2) is 11.0. The van der Waals surface area contributed by atoms with E-state index in [4.69, 9.17) is 15.3 Å². The van der Waals surface area contributed by atoms with Crippen molar-refractivity contribution in [1.82, 2.24) is 9.88 Å². The maximum atomic E-state index is 13.1. The van der Waals surface area contributed by atoms with E-state index < -0.39 is 12.0 Å².